The Kier molecular flexibility index (Phi) is 5.08. The van der Waals surface area contributed by atoms with E-state index in [0.29, 0.717) is 0 Å². The van der Waals surface area contributed by atoms with Crippen LogP contribution in [0.4, 0.5) is 5.69 Å². The first-order chi connectivity index (χ1) is 8.59. The van der Waals surface area contributed by atoms with Gasteiger partial charge in [0.05, 0.1) is 10.7 Å². The first kappa shape index (κ1) is 16.5. The van der Waals surface area contributed by atoms with Crippen molar-refractivity contribution < 1.29 is 13.5 Å². The quantitative estimate of drug-likeness (QED) is 0.720. The van der Waals surface area contributed by atoms with E-state index in [1.807, 2.05) is 0 Å². The van der Waals surface area contributed by atoms with Crippen LogP contribution < -0.4 is 10.5 Å². The van der Waals surface area contributed by atoms with Gasteiger partial charge in [-0.25, -0.2) is 13.1 Å². The molecule has 0 aromatic heterocycles. The van der Waals surface area contributed by atoms with Crippen LogP contribution in [0.15, 0.2) is 17.0 Å². The van der Waals surface area contributed by atoms with Crippen molar-refractivity contribution in [3.8, 4) is 0 Å². The van der Waals surface area contributed by atoms with E-state index in [1.165, 1.54) is 12.1 Å². The van der Waals surface area contributed by atoms with Crippen LogP contribution in [0.5, 0.6) is 0 Å². The van der Waals surface area contributed by atoms with E-state index in [4.69, 9.17) is 34.0 Å². The number of hydrogen-bond donors (Lipinski definition) is 3. The van der Waals surface area contributed by atoms with Gasteiger partial charge in [0.1, 0.15) is 4.90 Å². The minimum Gasteiger partial charge on any atom is -0.398 e. The van der Waals surface area contributed by atoms with Crippen LogP contribution in [-0.2, 0) is 10.0 Å². The van der Waals surface area contributed by atoms with Crippen LogP contribution in [0, 0.1) is 5.41 Å². The number of nitrogen functional groups attached to an aromatic ring is 1. The number of nitrogens with two attached hydrogens (primary N) is 1. The van der Waals surface area contributed by atoms with E-state index < -0.39 is 15.4 Å². The average Bonchev–Trinajstić information content (AvgIpc) is 2.25. The fourth-order valence-electron chi connectivity index (χ4n) is 1.28. The van der Waals surface area contributed by atoms with Crippen molar-refractivity contribution in [1.82, 2.24) is 4.72 Å². The lowest BCUT2D eigenvalue weighted by Crippen LogP contribution is -2.36. The molecule has 1 rings (SSSR count). The minimum absolute atomic E-state index is 0.0215. The highest BCUT2D eigenvalue weighted by Crippen LogP contribution is 2.31. The van der Waals surface area contributed by atoms with E-state index in [9.17, 15) is 8.42 Å². The number of hydrogen-bond acceptors (Lipinski definition) is 4. The van der Waals surface area contributed by atoms with E-state index in [0.717, 1.165) is 0 Å². The summed E-state index contributed by atoms with van der Waals surface area (Å²) >= 11 is 11.6. The Balaban J connectivity index is 3.09. The molecule has 0 radical (unpaired) electrons. The molecular weight excluding hydrogens is 311 g/mol. The SMILES string of the molecule is CC(C)(CO)CNS(=O)(=O)c1c(N)cc(Cl)cc1Cl. The molecule has 108 valence electrons. The zero-order valence-corrected chi connectivity index (χ0v) is 12.9. The third-order valence-electron chi connectivity index (χ3n) is 2.47. The Bertz CT molecular complexity index is 550. The largest absolute Gasteiger partial charge is 0.398 e. The van der Waals surface area contributed by atoms with E-state index in [-0.39, 0.29) is 33.8 Å². The van der Waals surface area contributed by atoms with Crippen molar-refractivity contribution in [2.45, 2.75) is 18.7 Å². The number of benzene rings is 1. The third kappa shape index (κ3) is 4.22. The molecule has 1 aromatic carbocycles. The van der Waals surface area contributed by atoms with Gasteiger partial charge in [0.25, 0.3) is 0 Å². The molecule has 0 unspecified atom stereocenters. The molecule has 8 heteroatoms. The lowest BCUT2D eigenvalue weighted by molar-refractivity contribution is 0.163. The lowest BCUT2D eigenvalue weighted by atomic mass is 9.96. The van der Waals surface area contributed by atoms with Gasteiger partial charge in [-0.2, -0.15) is 0 Å². The Hall–Kier alpha value is -0.530. The molecule has 0 atom stereocenters. The van der Waals surface area contributed by atoms with Crippen LogP contribution in [-0.4, -0.2) is 26.7 Å². The summed E-state index contributed by atoms with van der Waals surface area (Å²) in [5, 5.41) is 9.32. The fraction of sp³-hybridized carbons (Fsp3) is 0.455. The smallest absolute Gasteiger partial charge is 0.244 e. The summed E-state index contributed by atoms with van der Waals surface area (Å²) in [6.45, 7) is 3.36. The third-order valence-corrected chi connectivity index (χ3v) is 4.62. The van der Waals surface area contributed by atoms with E-state index in [1.54, 1.807) is 13.8 Å². The first-order valence-electron chi connectivity index (χ1n) is 5.44. The summed E-state index contributed by atoms with van der Waals surface area (Å²) in [6.07, 6.45) is 0. The second-order valence-electron chi connectivity index (χ2n) is 4.95. The summed E-state index contributed by atoms with van der Waals surface area (Å²) in [4.78, 5) is -0.202. The van der Waals surface area contributed by atoms with Gasteiger partial charge in [-0.1, -0.05) is 37.0 Å². The normalized spacial score (nSPS) is 12.7. The second-order valence-corrected chi connectivity index (χ2v) is 7.50. The van der Waals surface area contributed by atoms with Crippen molar-refractivity contribution in [2.24, 2.45) is 5.41 Å². The molecular formula is C11H16Cl2N2O3S. The highest BCUT2D eigenvalue weighted by Gasteiger charge is 2.25. The highest BCUT2D eigenvalue weighted by atomic mass is 35.5. The number of halogens is 2. The van der Waals surface area contributed by atoms with Gasteiger partial charge in [-0.05, 0) is 12.1 Å². The topological polar surface area (TPSA) is 92.4 Å². The minimum atomic E-state index is -3.86. The van der Waals surface area contributed by atoms with Crippen molar-refractivity contribution in [1.29, 1.82) is 0 Å². The Morgan fingerprint density at radius 1 is 1.37 bits per heavy atom. The molecule has 19 heavy (non-hydrogen) atoms. The van der Waals surface area contributed by atoms with Crippen LogP contribution in [0.25, 0.3) is 0 Å². The van der Waals surface area contributed by atoms with Gasteiger partial charge in [0, 0.05) is 23.6 Å². The molecule has 0 fully saturated rings. The summed E-state index contributed by atoms with van der Waals surface area (Å²) in [6, 6.07) is 2.63. The fourth-order valence-corrected chi connectivity index (χ4v) is 3.51. The molecule has 0 spiro atoms. The molecule has 5 nitrogen and oxygen atoms in total. The molecule has 0 aliphatic carbocycles. The average molecular weight is 327 g/mol. The molecule has 0 aliphatic rings. The summed E-state index contributed by atoms with van der Waals surface area (Å²) < 4.78 is 26.7. The van der Waals surface area contributed by atoms with Gasteiger partial charge >= 0.3 is 0 Å². The number of anilines is 1. The van der Waals surface area contributed by atoms with Gasteiger partial charge in [-0.15, -0.1) is 0 Å². The maximum Gasteiger partial charge on any atom is 0.244 e. The molecule has 0 amide bonds. The van der Waals surface area contributed by atoms with Gasteiger partial charge in [0.2, 0.25) is 10.0 Å². The number of aliphatic hydroxyl groups is 1. The molecule has 0 bridgehead atoms. The number of sulfonamides is 1. The van der Waals surface area contributed by atoms with Crippen molar-refractivity contribution in [3.05, 3.63) is 22.2 Å². The van der Waals surface area contributed by atoms with Gasteiger partial charge < -0.3 is 10.8 Å². The summed E-state index contributed by atoms with van der Waals surface area (Å²) in [5.74, 6) is 0. The van der Waals surface area contributed by atoms with Gasteiger partial charge in [0.15, 0.2) is 0 Å². The molecule has 1 aromatic rings. The molecule has 4 N–H and O–H groups in total. The number of rotatable bonds is 5. The summed E-state index contributed by atoms with van der Waals surface area (Å²) in [5.41, 5.74) is 5.04. The predicted molar refractivity (Wildman–Crippen MR) is 76.9 cm³/mol. The Morgan fingerprint density at radius 3 is 2.42 bits per heavy atom. The van der Waals surface area contributed by atoms with Crippen LogP contribution in [0.1, 0.15) is 13.8 Å². The van der Waals surface area contributed by atoms with Crippen molar-refractivity contribution >= 4 is 38.9 Å². The standard InChI is InChI=1S/C11H16Cl2N2O3S/c1-11(2,6-16)5-15-19(17,18)10-8(13)3-7(12)4-9(10)14/h3-4,15-16H,5-6,14H2,1-2H3. The first-order valence-corrected chi connectivity index (χ1v) is 7.68. The lowest BCUT2D eigenvalue weighted by Gasteiger charge is -2.22. The van der Waals surface area contributed by atoms with E-state index >= 15 is 0 Å². The van der Waals surface area contributed by atoms with Crippen LogP contribution >= 0.6 is 23.2 Å². The zero-order valence-electron chi connectivity index (χ0n) is 10.6. The maximum absolute atomic E-state index is 12.1. The Morgan fingerprint density at radius 2 is 1.95 bits per heavy atom. The molecule has 0 saturated heterocycles. The Labute approximate surface area is 122 Å². The van der Waals surface area contributed by atoms with E-state index in [2.05, 4.69) is 4.72 Å². The molecule has 0 saturated carbocycles. The highest BCUT2D eigenvalue weighted by molar-refractivity contribution is 7.89. The monoisotopic (exact) mass is 326 g/mol. The summed E-state index contributed by atoms with van der Waals surface area (Å²) in [7, 11) is -3.86. The molecule has 0 aliphatic heterocycles. The number of nitrogens with one attached hydrogen (secondary N) is 1. The zero-order chi connectivity index (χ0) is 14.8. The molecule has 0 heterocycles. The maximum atomic E-state index is 12.1. The van der Waals surface area contributed by atoms with Gasteiger partial charge in [-0.3, -0.25) is 0 Å². The second kappa shape index (κ2) is 5.85. The van der Waals surface area contributed by atoms with Crippen LogP contribution in [0.3, 0.4) is 0 Å². The van der Waals surface area contributed by atoms with Crippen molar-refractivity contribution in [2.75, 3.05) is 18.9 Å². The predicted octanol–water partition coefficient (Wildman–Crippen LogP) is 1.87. The van der Waals surface area contributed by atoms with Crippen molar-refractivity contribution in [3.63, 3.8) is 0 Å². The number of aliphatic hydroxyl groups excluding tert-OH is 1. The van der Waals surface area contributed by atoms with Crippen LogP contribution in [0.2, 0.25) is 10.0 Å².